The van der Waals surface area contributed by atoms with E-state index in [4.69, 9.17) is 11.0 Å². The number of rotatable bonds is 4. The number of anilines is 3. The highest BCUT2D eigenvalue weighted by molar-refractivity contribution is 5.69. The zero-order valence-corrected chi connectivity index (χ0v) is 11.9. The number of nitriles is 1. The molecule has 3 nitrogen and oxygen atoms in total. The van der Waals surface area contributed by atoms with Gasteiger partial charge in [0, 0.05) is 23.6 Å². The monoisotopic (exact) mass is 265 g/mol. The average Bonchev–Trinajstić information content (AvgIpc) is 2.45. The van der Waals surface area contributed by atoms with Gasteiger partial charge in [0.05, 0.1) is 12.5 Å². The maximum atomic E-state index is 8.87. The lowest BCUT2D eigenvalue weighted by molar-refractivity contribution is 1.01. The highest BCUT2D eigenvalue weighted by Gasteiger charge is 2.11. The van der Waals surface area contributed by atoms with E-state index in [1.807, 2.05) is 30.3 Å². The number of benzene rings is 2. The molecule has 102 valence electrons. The van der Waals surface area contributed by atoms with Crippen molar-refractivity contribution >= 4 is 17.1 Å². The number of aryl methyl sites for hydroxylation is 1. The summed E-state index contributed by atoms with van der Waals surface area (Å²) in [6, 6.07) is 16.3. The van der Waals surface area contributed by atoms with Crippen LogP contribution in [0.4, 0.5) is 17.1 Å². The molecular weight excluding hydrogens is 246 g/mol. The Kier molecular flexibility index (Phi) is 4.27. The highest BCUT2D eigenvalue weighted by Crippen LogP contribution is 2.30. The molecule has 0 fully saturated rings. The van der Waals surface area contributed by atoms with E-state index in [0.29, 0.717) is 12.1 Å². The maximum Gasteiger partial charge on any atom is 0.0670 e. The standard InChI is InChI=1S/C17H19N3/c1-3-20(17-7-5-4-6-13(17)2)15-8-9-16(19)14(12-15)10-11-18/h4-9,12H,3,10,19H2,1-2H3. The molecule has 0 unspecified atom stereocenters. The summed E-state index contributed by atoms with van der Waals surface area (Å²) in [6.07, 6.45) is 0.338. The molecule has 0 aliphatic rings. The van der Waals surface area contributed by atoms with Gasteiger partial charge in [-0.25, -0.2) is 0 Å². The second-order valence-corrected chi connectivity index (χ2v) is 4.75. The molecule has 0 aliphatic heterocycles. The maximum absolute atomic E-state index is 8.87. The number of hydrogen-bond donors (Lipinski definition) is 1. The van der Waals surface area contributed by atoms with Crippen molar-refractivity contribution in [3.63, 3.8) is 0 Å². The van der Waals surface area contributed by atoms with E-state index in [2.05, 4.69) is 36.9 Å². The minimum Gasteiger partial charge on any atom is -0.398 e. The molecule has 0 amide bonds. The van der Waals surface area contributed by atoms with Crippen molar-refractivity contribution in [1.29, 1.82) is 5.26 Å². The molecule has 0 saturated carbocycles. The first-order chi connectivity index (χ1) is 9.67. The van der Waals surface area contributed by atoms with Gasteiger partial charge in [-0.1, -0.05) is 18.2 Å². The number of nitrogen functional groups attached to an aromatic ring is 1. The van der Waals surface area contributed by atoms with Crippen molar-refractivity contribution in [3.8, 4) is 6.07 Å². The summed E-state index contributed by atoms with van der Waals surface area (Å²) in [5, 5.41) is 8.87. The summed E-state index contributed by atoms with van der Waals surface area (Å²) in [6.45, 7) is 5.08. The zero-order valence-electron chi connectivity index (χ0n) is 11.9. The number of nitrogens with two attached hydrogens (primary N) is 1. The van der Waals surface area contributed by atoms with Gasteiger partial charge in [-0.2, -0.15) is 5.26 Å². The number of hydrogen-bond acceptors (Lipinski definition) is 3. The van der Waals surface area contributed by atoms with E-state index in [1.165, 1.54) is 11.3 Å². The fourth-order valence-corrected chi connectivity index (χ4v) is 2.36. The molecule has 3 heteroatoms. The van der Waals surface area contributed by atoms with E-state index >= 15 is 0 Å². The van der Waals surface area contributed by atoms with Gasteiger partial charge >= 0.3 is 0 Å². The lowest BCUT2D eigenvalue weighted by Gasteiger charge is -2.25. The molecule has 2 rings (SSSR count). The van der Waals surface area contributed by atoms with Crippen molar-refractivity contribution in [3.05, 3.63) is 53.6 Å². The normalized spacial score (nSPS) is 10.1. The van der Waals surface area contributed by atoms with Gasteiger partial charge in [-0.3, -0.25) is 0 Å². The Balaban J connectivity index is 2.45. The molecule has 20 heavy (non-hydrogen) atoms. The highest BCUT2D eigenvalue weighted by atomic mass is 15.1. The second-order valence-electron chi connectivity index (χ2n) is 4.75. The Morgan fingerprint density at radius 1 is 1.20 bits per heavy atom. The summed E-state index contributed by atoms with van der Waals surface area (Å²) < 4.78 is 0. The minimum absolute atomic E-state index is 0.338. The topological polar surface area (TPSA) is 53.0 Å². The molecule has 0 radical (unpaired) electrons. The first-order valence-electron chi connectivity index (χ1n) is 6.76. The van der Waals surface area contributed by atoms with Crippen LogP contribution in [0.5, 0.6) is 0 Å². The smallest absolute Gasteiger partial charge is 0.0670 e. The predicted octanol–water partition coefficient (Wildman–Crippen LogP) is 3.80. The van der Waals surface area contributed by atoms with Crippen molar-refractivity contribution in [1.82, 2.24) is 0 Å². The number of para-hydroxylation sites is 1. The van der Waals surface area contributed by atoms with Gasteiger partial charge in [0.1, 0.15) is 0 Å². The van der Waals surface area contributed by atoms with Crippen LogP contribution < -0.4 is 10.6 Å². The van der Waals surface area contributed by atoms with Gasteiger partial charge in [-0.05, 0) is 49.2 Å². The molecular formula is C17H19N3. The molecule has 0 atom stereocenters. The largest absolute Gasteiger partial charge is 0.398 e. The minimum atomic E-state index is 0.338. The van der Waals surface area contributed by atoms with E-state index in [-0.39, 0.29) is 0 Å². The van der Waals surface area contributed by atoms with E-state index in [0.717, 1.165) is 17.8 Å². The van der Waals surface area contributed by atoms with Crippen LogP contribution in [0.25, 0.3) is 0 Å². The first kappa shape index (κ1) is 14.0. The third kappa shape index (κ3) is 2.75. The summed E-state index contributed by atoms with van der Waals surface area (Å²) in [4.78, 5) is 2.23. The molecule has 0 saturated heterocycles. The molecule has 2 aromatic rings. The summed E-state index contributed by atoms with van der Waals surface area (Å²) in [5.41, 5.74) is 11.0. The lowest BCUT2D eigenvalue weighted by atomic mass is 10.1. The van der Waals surface area contributed by atoms with Gasteiger partial charge in [0.2, 0.25) is 0 Å². The fraction of sp³-hybridized carbons (Fsp3) is 0.235. The van der Waals surface area contributed by atoms with Crippen LogP contribution in [0.3, 0.4) is 0 Å². The average molecular weight is 265 g/mol. The summed E-state index contributed by atoms with van der Waals surface area (Å²) >= 11 is 0. The Labute approximate surface area is 120 Å². The molecule has 0 spiro atoms. The Morgan fingerprint density at radius 3 is 2.60 bits per heavy atom. The molecule has 0 bridgehead atoms. The fourth-order valence-electron chi connectivity index (χ4n) is 2.36. The van der Waals surface area contributed by atoms with Gasteiger partial charge < -0.3 is 10.6 Å². The Hall–Kier alpha value is -2.47. The second kappa shape index (κ2) is 6.12. The molecule has 0 aliphatic carbocycles. The van der Waals surface area contributed by atoms with Crippen LogP contribution in [0.1, 0.15) is 18.1 Å². The zero-order chi connectivity index (χ0) is 14.5. The summed E-state index contributed by atoms with van der Waals surface area (Å²) in [7, 11) is 0. The van der Waals surface area contributed by atoms with E-state index in [1.54, 1.807) is 0 Å². The SMILES string of the molecule is CCN(c1ccc(N)c(CC#N)c1)c1ccccc1C. The quantitative estimate of drug-likeness (QED) is 0.855. The van der Waals surface area contributed by atoms with Crippen molar-refractivity contribution in [2.45, 2.75) is 20.3 Å². The molecule has 0 aromatic heterocycles. The van der Waals surface area contributed by atoms with Crippen LogP contribution >= 0.6 is 0 Å². The van der Waals surface area contributed by atoms with Crippen LogP contribution in [-0.2, 0) is 6.42 Å². The summed E-state index contributed by atoms with van der Waals surface area (Å²) in [5.74, 6) is 0. The molecule has 0 heterocycles. The van der Waals surface area contributed by atoms with Crippen molar-refractivity contribution in [2.24, 2.45) is 0 Å². The van der Waals surface area contributed by atoms with E-state index < -0.39 is 0 Å². The van der Waals surface area contributed by atoms with Crippen LogP contribution in [-0.4, -0.2) is 6.54 Å². The predicted molar refractivity (Wildman–Crippen MR) is 84.0 cm³/mol. The van der Waals surface area contributed by atoms with Crippen LogP contribution in [0.2, 0.25) is 0 Å². The van der Waals surface area contributed by atoms with Crippen LogP contribution in [0.15, 0.2) is 42.5 Å². The van der Waals surface area contributed by atoms with Gasteiger partial charge in [-0.15, -0.1) is 0 Å². The Morgan fingerprint density at radius 2 is 1.95 bits per heavy atom. The molecule has 2 N–H and O–H groups in total. The number of nitrogens with zero attached hydrogens (tertiary/aromatic N) is 2. The van der Waals surface area contributed by atoms with Gasteiger partial charge in [0.25, 0.3) is 0 Å². The third-order valence-electron chi connectivity index (χ3n) is 3.43. The van der Waals surface area contributed by atoms with Crippen molar-refractivity contribution < 1.29 is 0 Å². The first-order valence-corrected chi connectivity index (χ1v) is 6.76. The van der Waals surface area contributed by atoms with Crippen molar-refractivity contribution in [2.75, 3.05) is 17.2 Å². The van der Waals surface area contributed by atoms with Crippen LogP contribution in [0, 0.1) is 18.3 Å². The van der Waals surface area contributed by atoms with Gasteiger partial charge in [0.15, 0.2) is 0 Å². The van der Waals surface area contributed by atoms with E-state index in [9.17, 15) is 0 Å². The Bertz CT molecular complexity index is 641. The molecule has 2 aromatic carbocycles. The third-order valence-corrected chi connectivity index (χ3v) is 3.43. The lowest BCUT2D eigenvalue weighted by Crippen LogP contribution is -2.17.